The smallest absolute Gasteiger partial charge is 0.314 e. The van der Waals surface area contributed by atoms with E-state index in [2.05, 4.69) is 0 Å². The minimum Gasteiger partial charge on any atom is -0.481 e. The number of hydrogen-bond acceptors (Lipinski definition) is 1. The summed E-state index contributed by atoms with van der Waals surface area (Å²) in [5, 5.41) is 14.6. The lowest BCUT2D eigenvalue weighted by atomic mass is 9.64. The first-order valence-corrected chi connectivity index (χ1v) is 11.0. The number of fused-ring (bicyclic) bond motifs is 2. The quantitative estimate of drug-likeness (QED) is 0.315. The topological polar surface area (TPSA) is 37.3 Å². The van der Waals surface area contributed by atoms with Crippen molar-refractivity contribution in [3.63, 3.8) is 0 Å². The van der Waals surface area contributed by atoms with Gasteiger partial charge in [-0.05, 0) is 45.7 Å². The summed E-state index contributed by atoms with van der Waals surface area (Å²) >= 11 is 0. The van der Waals surface area contributed by atoms with Gasteiger partial charge in [0.2, 0.25) is 0 Å². The SMILES string of the molecule is C[C@](C(=O)O)(c1ccccc1F)C(c1cccc2ccccc12)c1cccc2ccccc12. The van der Waals surface area contributed by atoms with Crippen molar-refractivity contribution >= 4 is 27.5 Å². The number of carboxylic acid groups (broad SMARTS) is 1. The second-order valence-corrected chi connectivity index (χ2v) is 8.56. The number of aliphatic carboxylic acids is 1. The molecule has 0 heterocycles. The molecule has 0 amide bonds. The highest BCUT2D eigenvalue weighted by atomic mass is 19.1. The molecule has 0 aromatic heterocycles. The van der Waals surface area contributed by atoms with E-state index < -0.39 is 23.1 Å². The molecule has 162 valence electrons. The summed E-state index contributed by atoms with van der Waals surface area (Å²) in [6, 6.07) is 33.9. The van der Waals surface area contributed by atoms with E-state index in [-0.39, 0.29) is 5.56 Å². The van der Waals surface area contributed by atoms with Crippen molar-refractivity contribution in [2.45, 2.75) is 18.3 Å². The molecular formula is C30H23FO2. The van der Waals surface area contributed by atoms with Gasteiger partial charge in [0.1, 0.15) is 11.2 Å². The summed E-state index contributed by atoms with van der Waals surface area (Å²) in [5.74, 6) is -2.23. The van der Waals surface area contributed by atoms with Crippen molar-refractivity contribution in [3.8, 4) is 0 Å². The summed E-state index contributed by atoms with van der Waals surface area (Å²) in [6.45, 7) is 1.64. The molecule has 0 bridgehead atoms. The minimum absolute atomic E-state index is 0.170. The molecule has 0 spiro atoms. The third kappa shape index (κ3) is 3.37. The Kier molecular flexibility index (Phi) is 5.18. The van der Waals surface area contributed by atoms with Crippen LogP contribution >= 0.6 is 0 Å². The molecule has 5 aromatic carbocycles. The van der Waals surface area contributed by atoms with Crippen LogP contribution in [0.3, 0.4) is 0 Å². The van der Waals surface area contributed by atoms with Crippen LogP contribution in [0.1, 0.15) is 29.5 Å². The third-order valence-electron chi connectivity index (χ3n) is 6.72. The second-order valence-electron chi connectivity index (χ2n) is 8.56. The molecule has 3 heteroatoms. The fraction of sp³-hybridized carbons (Fsp3) is 0.100. The molecule has 33 heavy (non-hydrogen) atoms. The zero-order valence-corrected chi connectivity index (χ0v) is 18.2. The van der Waals surface area contributed by atoms with Crippen LogP contribution in [-0.4, -0.2) is 11.1 Å². The number of rotatable bonds is 5. The van der Waals surface area contributed by atoms with Gasteiger partial charge in [-0.3, -0.25) is 4.79 Å². The van der Waals surface area contributed by atoms with Crippen molar-refractivity contribution in [2.75, 3.05) is 0 Å². The van der Waals surface area contributed by atoms with Crippen LogP contribution < -0.4 is 0 Å². The van der Waals surface area contributed by atoms with Crippen molar-refractivity contribution < 1.29 is 14.3 Å². The van der Waals surface area contributed by atoms with Gasteiger partial charge in [-0.1, -0.05) is 103 Å². The lowest BCUT2D eigenvalue weighted by Crippen LogP contribution is -2.40. The van der Waals surface area contributed by atoms with Crippen LogP contribution in [-0.2, 0) is 10.2 Å². The van der Waals surface area contributed by atoms with Crippen LogP contribution in [0, 0.1) is 5.82 Å². The largest absolute Gasteiger partial charge is 0.481 e. The van der Waals surface area contributed by atoms with E-state index in [0.717, 1.165) is 32.7 Å². The molecule has 0 saturated heterocycles. The zero-order valence-electron chi connectivity index (χ0n) is 18.2. The Morgan fingerprint density at radius 2 is 1.15 bits per heavy atom. The molecular weight excluding hydrogens is 411 g/mol. The first kappa shape index (κ1) is 20.9. The van der Waals surface area contributed by atoms with Crippen molar-refractivity contribution in [1.29, 1.82) is 0 Å². The van der Waals surface area contributed by atoms with E-state index in [9.17, 15) is 9.90 Å². The van der Waals surface area contributed by atoms with Crippen LogP contribution in [0.5, 0.6) is 0 Å². The Morgan fingerprint density at radius 1 is 0.697 bits per heavy atom. The highest BCUT2D eigenvalue weighted by molar-refractivity contribution is 5.94. The van der Waals surface area contributed by atoms with E-state index in [4.69, 9.17) is 0 Å². The van der Waals surface area contributed by atoms with Gasteiger partial charge in [-0.25, -0.2) is 4.39 Å². The monoisotopic (exact) mass is 434 g/mol. The van der Waals surface area contributed by atoms with Gasteiger partial charge in [0.05, 0.1) is 0 Å². The summed E-state index contributed by atoms with van der Waals surface area (Å²) in [5.41, 5.74) is 0.332. The molecule has 0 saturated carbocycles. The van der Waals surface area contributed by atoms with Gasteiger partial charge < -0.3 is 5.11 Å². The Labute approximate surface area is 191 Å². The predicted octanol–water partition coefficient (Wildman–Crippen LogP) is 7.31. The molecule has 0 aliphatic rings. The molecule has 5 aromatic rings. The van der Waals surface area contributed by atoms with Crippen molar-refractivity contribution in [1.82, 2.24) is 0 Å². The standard InChI is InChI=1S/C30H23FO2/c1-30(29(32)33,26-18-6-7-19-27(26)31)28(24-16-8-12-20-10-2-4-14-22(20)24)25-17-9-13-21-11-3-5-15-23(21)25/h2-19,28H,1H3,(H,32,33)/t30-/m0/s1. The van der Waals surface area contributed by atoms with E-state index in [1.165, 1.54) is 6.07 Å². The van der Waals surface area contributed by atoms with E-state index in [1.807, 2.05) is 84.9 Å². The fourth-order valence-corrected chi connectivity index (χ4v) is 5.07. The van der Waals surface area contributed by atoms with E-state index in [0.29, 0.717) is 0 Å². The van der Waals surface area contributed by atoms with Crippen LogP contribution in [0.15, 0.2) is 109 Å². The minimum atomic E-state index is -1.56. The summed E-state index contributed by atoms with van der Waals surface area (Å²) < 4.78 is 15.2. The van der Waals surface area contributed by atoms with Crippen LogP contribution in [0.25, 0.3) is 21.5 Å². The lowest BCUT2D eigenvalue weighted by Gasteiger charge is -2.36. The molecule has 1 N–H and O–H groups in total. The van der Waals surface area contributed by atoms with E-state index in [1.54, 1.807) is 25.1 Å². The lowest BCUT2D eigenvalue weighted by molar-refractivity contribution is -0.143. The number of halogens is 1. The van der Waals surface area contributed by atoms with Gasteiger partial charge in [-0.15, -0.1) is 0 Å². The average Bonchev–Trinajstić information content (AvgIpc) is 2.84. The number of benzene rings is 5. The number of carbonyl (C=O) groups is 1. The summed E-state index contributed by atoms with van der Waals surface area (Å²) in [7, 11) is 0. The van der Waals surface area contributed by atoms with Gasteiger partial charge >= 0.3 is 5.97 Å². The Morgan fingerprint density at radius 3 is 1.67 bits per heavy atom. The molecule has 0 unspecified atom stereocenters. The maximum Gasteiger partial charge on any atom is 0.314 e. The zero-order chi connectivity index (χ0) is 23.0. The molecule has 0 aliphatic carbocycles. The van der Waals surface area contributed by atoms with Gasteiger partial charge in [-0.2, -0.15) is 0 Å². The second kappa shape index (κ2) is 8.18. The third-order valence-corrected chi connectivity index (χ3v) is 6.72. The molecule has 2 nitrogen and oxygen atoms in total. The van der Waals surface area contributed by atoms with Crippen LogP contribution in [0.2, 0.25) is 0 Å². The maximum absolute atomic E-state index is 15.2. The molecule has 0 aliphatic heterocycles. The fourth-order valence-electron chi connectivity index (χ4n) is 5.07. The Bertz CT molecular complexity index is 1400. The van der Waals surface area contributed by atoms with Crippen LogP contribution in [0.4, 0.5) is 4.39 Å². The van der Waals surface area contributed by atoms with Crippen molar-refractivity contribution in [2.24, 2.45) is 0 Å². The number of carboxylic acids is 1. The average molecular weight is 435 g/mol. The molecule has 5 rings (SSSR count). The van der Waals surface area contributed by atoms with E-state index >= 15 is 4.39 Å². The maximum atomic E-state index is 15.2. The number of hydrogen-bond donors (Lipinski definition) is 1. The first-order valence-electron chi connectivity index (χ1n) is 11.0. The summed E-state index contributed by atoms with van der Waals surface area (Å²) in [4.78, 5) is 13.1. The summed E-state index contributed by atoms with van der Waals surface area (Å²) in [6.07, 6.45) is 0. The first-order chi connectivity index (χ1) is 16.0. The molecule has 1 atom stereocenters. The molecule has 0 radical (unpaired) electrons. The highest BCUT2D eigenvalue weighted by Gasteiger charge is 2.47. The molecule has 0 fully saturated rings. The van der Waals surface area contributed by atoms with Gasteiger partial charge in [0, 0.05) is 11.5 Å². The predicted molar refractivity (Wildman–Crippen MR) is 131 cm³/mol. The Balaban J connectivity index is 1.93. The normalized spacial score (nSPS) is 13.3. The van der Waals surface area contributed by atoms with Gasteiger partial charge in [0.15, 0.2) is 0 Å². The van der Waals surface area contributed by atoms with Crippen molar-refractivity contribution in [3.05, 3.63) is 132 Å². The highest BCUT2D eigenvalue weighted by Crippen LogP contribution is 2.48. The van der Waals surface area contributed by atoms with Gasteiger partial charge in [0.25, 0.3) is 0 Å². The Hall–Kier alpha value is -3.98.